The molecule has 2 heterocycles. The number of anilines is 2. The Morgan fingerprint density at radius 2 is 2.04 bits per heavy atom. The molecule has 1 aliphatic rings. The molecule has 1 N–H and O–H groups in total. The first-order valence-corrected chi connectivity index (χ1v) is 8.66. The predicted octanol–water partition coefficient (Wildman–Crippen LogP) is 3.26. The summed E-state index contributed by atoms with van der Waals surface area (Å²) in [5, 5.41) is 2.92. The largest absolute Gasteiger partial charge is 0.334 e. The predicted molar refractivity (Wildman–Crippen MR) is 101 cm³/mol. The summed E-state index contributed by atoms with van der Waals surface area (Å²) < 4.78 is 1.92. The molecule has 0 atom stereocenters. The van der Waals surface area contributed by atoms with Crippen molar-refractivity contribution in [2.45, 2.75) is 19.8 Å². The van der Waals surface area contributed by atoms with Crippen LogP contribution < -0.4 is 10.2 Å². The maximum atomic E-state index is 12.6. The van der Waals surface area contributed by atoms with E-state index >= 15 is 0 Å². The van der Waals surface area contributed by atoms with Crippen LogP contribution in [0.1, 0.15) is 28.8 Å². The highest BCUT2D eigenvalue weighted by Crippen LogP contribution is 2.27. The second kappa shape index (κ2) is 6.29. The van der Waals surface area contributed by atoms with Crippen LogP contribution in [0.15, 0.2) is 42.7 Å². The fraction of sp³-hybridized carbons (Fsp3) is 0.250. The van der Waals surface area contributed by atoms with Gasteiger partial charge in [-0.05, 0) is 55.3 Å². The van der Waals surface area contributed by atoms with Crippen LogP contribution in [0.3, 0.4) is 0 Å². The van der Waals surface area contributed by atoms with Crippen LogP contribution in [0.5, 0.6) is 0 Å². The van der Waals surface area contributed by atoms with Crippen LogP contribution in [-0.4, -0.2) is 27.9 Å². The third-order valence-corrected chi connectivity index (χ3v) is 4.81. The number of carbonyl (C=O) groups excluding carboxylic acids is 2. The van der Waals surface area contributed by atoms with Crippen LogP contribution >= 0.6 is 0 Å². The summed E-state index contributed by atoms with van der Waals surface area (Å²) >= 11 is 0. The van der Waals surface area contributed by atoms with Gasteiger partial charge in [-0.25, -0.2) is 4.98 Å². The number of rotatable bonds is 3. The summed E-state index contributed by atoms with van der Waals surface area (Å²) in [6, 6.07) is 11.1. The summed E-state index contributed by atoms with van der Waals surface area (Å²) in [7, 11) is 1.92. The van der Waals surface area contributed by atoms with Crippen molar-refractivity contribution in [1.29, 1.82) is 0 Å². The lowest BCUT2D eigenvalue weighted by Gasteiger charge is -2.19. The number of carbonyl (C=O) groups is 2. The minimum absolute atomic E-state index is 0.161. The Morgan fingerprint density at radius 1 is 1.19 bits per heavy atom. The Morgan fingerprint density at radius 3 is 2.77 bits per heavy atom. The van der Waals surface area contributed by atoms with Gasteiger partial charge in [0.25, 0.3) is 5.91 Å². The van der Waals surface area contributed by atoms with E-state index in [1.165, 1.54) is 0 Å². The first-order chi connectivity index (χ1) is 12.5. The van der Waals surface area contributed by atoms with E-state index in [0.29, 0.717) is 17.7 Å². The molecule has 6 nitrogen and oxygen atoms in total. The molecule has 0 saturated carbocycles. The Balaban J connectivity index is 1.55. The molecular formula is C20H20N4O2. The molecule has 1 fully saturated rings. The average molecular weight is 348 g/mol. The van der Waals surface area contributed by atoms with Crippen molar-refractivity contribution >= 4 is 34.2 Å². The minimum Gasteiger partial charge on any atom is -0.334 e. The zero-order valence-electron chi connectivity index (χ0n) is 14.8. The van der Waals surface area contributed by atoms with Gasteiger partial charge in [0, 0.05) is 37.0 Å². The van der Waals surface area contributed by atoms with Gasteiger partial charge in [0.15, 0.2) is 0 Å². The Bertz CT molecular complexity index is 1020. The van der Waals surface area contributed by atoms with E-state index < -0.39 is 0 Å². The van der Waals surface area contributed by atoms with E-state index in [1.54, 1.807) is 18.5 Å². The SMILES string of the molecule is Cc1cc(NC(=O)c2ccc3c(c2)ncn3C)ccc1N1CCCC1=O. The van der Waals surface area contributed by atoms with Gasteiger partial charge < -0.3 is 14.8 Å². The number of benzene rings is 2. The van der Waals surface area contributed by atoms with Gasteiger partial charge in [-0.2, -0.15) is 0 Å². The number of nitrogens with one attached hydrogen (secondary N) is 1. The highest BCUT2D eigenvalue weighted by atomic mass is 16.2. The Labute approximate surface area is 151 Å². The summed E-state index contributed by atoms with van der Waals surface area (Å²) in [5.74, 6) is -0.0181. The van der Waals surface area contributed by atoms with Gasteiger partial charge in [0.2, 0.25) is 5.91 Å². The van der Waals surface area contributed by atoms with Crippen molar-refractivity contribution in [3.8, 4) is 0 Å². The summed E-state index contributed by atoms with van der Waals surface area (Å²) in [5.41, 5.74) is 4.94. The molecule has 4 rings (SSSR count). The zero-order valence-corrected chi connectivity index (χ0v) is 14.8. The third kappa shape index (κ3) is 2.83. The van der Waals surface area contributed by atoms with Crippen molar-refractivity contribution in [1.82, 2.24) is 9.55 Å². The van der Waals surface area contributed by atoms with Gasteiger partial charge in [0.05, 0.1) is 17.4 Å². The van der Waals surface area contributed by atoms with E-state index in [4.69, 9.17) is 0 Å². The lowest BCUT2D eigenvalue weighted by Crippen LogP contribution is -2.24. The molecule has 3 aromatic rings. The number of amides is 2. The molecule has 0 aliphatic carbocycles. The second-order valence-corrected chi connectivity index (χ2v) is 6.66. The summed E-state index contributed by atoms with van der Waals surface area (Å²) in [6.07, 6.45) is 3.23. The fourth-order valence-electron chi connectivity index (χ4n) is 3.42. The lowest BCUT2D eigenvalue weighted by molar-refractivity contribution is -0.117. The van der Waals surface area contributed by atoms with Crippen LogP contribution in [0, 0.1) is 6.92 Å². The average Bonchev–Trinajstić information content (AvgIpc) is 3.21. The maximum Gasteiger partial charge on any atom is 0.255 e. The number of nitrogens with zero attached hydrogens (tertiary/aromatic N) is 3. The molecule has 0 unspecified atom stereocenters. The highest BCUT2D eigenvalue weighted by Gasteiger charge is 2.23. The molecule has 2 aromatic carbocycles. The van der Waals surface area contributed by atoms with Crippen LogP contribution in [0.4, 0.5) is 11.4 Å². The lowest BCUT2D eigenvalue weighted by atomic mass is 10.1. The van der Waals surface area contributed by atoms with Crippen molar-refractivity contribution in [3.63, 3.8) is 0 Å². The van der Waals surface area contributed by atoms with E-state index in [0.717, 1.165) is 35.2 Å². The topological polar surface area (TPSA) is 67.2 Å². The number of fused-ring (bicyclic) bond motifs is 1. The van der Waals surface area contributed by atoms with Gasteiger partial charge >= 0.3 is 0 Å². The molecule has 1 aliphatic heterocycles. The van der Waals surface area contributed by atoms with Crippen LogP contribution in [0.25, 0.3) is 11.0 Å². The number of aryl methyl sites for hydroxylation is 2. The number of imidazole rings is 1. The van der Waals surface area contributed by atoms with Gasteiger partial charge in [-0.1, -0.05) is 0 Å². The van der Waals surface area contributed by atoms with Crippen LogP contribution in [0.2, 0.25) is 0 Å². The van der Waals surface area contributed by atoms with Gasteiger partial charge in [0.1, 0.15) is 0 Å². The molecule has 1 saturated heterocycles. The maximum absolute atomic E-state index is 12.6. The van der Waals surface area contributed by atoms with Crippen molar-refractivity contribution in [2.24, 2.45) is 7.05 Å². The number of hydrogen-bond acceptors (Lipinski definition) is 3. The van der Waals surface area contributed by atoms with E-state index in [-0.39, 0.29) is 11.8 Å². The standard InChI is InChI=1S/C20H20N4O2/c1-13-10-15(6-8-17(13)24-9-3-4-19(24)25)22-20(26)14-5-7-18-16(11-14)21-12-23(18)2/h5-8,10-12H,3-4,9H2,1-2H3,(H,22,26). The molecule has 132 valence electrons. The van der Waals surface area contributed by atoms with E-state index in [1.807, 2.05) is 47.7 Å². The molecule has 0 bridgehead atoms. The third-order valence-electron chi connectivity index (χ3n) is 4.81. The smallest absolute Gasteiger partial charge is 0.255 e. The quantitative estimate of drug-likeness (QED) is 0.790. The second-order valence-electron chi connectivity index (χ2n) is 6.66. The molecular weight excluding hydrogens is 328 g/mol. The molecule has 6 heteroatoms. The first-order valence-electron chi connectivity index (χ1n) is 8.66. The van der Waals surface area contributed by atoms with E-state index in [9.17, 15) is 9.59 Å². The Hall–Kier alpha value is -3.15. The van der Waals surface area contributed by atoms with Crippen molar-refractivity contribution in [2.75, 3.05) is 16.8 Å². The molecule has 1 aromatic heterocycles. The highest BCUT2D eigenvalue weighted by molar-refractivity contribution is 6.06. The Kier molecular flexibility index (Phi) is 3.95. The molecule has 0 radical (unpaired) electrons. The normalized spacial score (nSPS) is 14.2. The first kappa shape index (κ1) is 16.3. The molecule has 2 amide bonds. The van der Waals surface area contributed by atoms with Gasteiger partial charge in [-0.3, -0.25) is 9.59 Å². The van der Waals surface area contributed by atoms with Crippen molar-refractivity contribution < 1.29 is 9.59 Å². The fourth-order valence-corrected chi connectivity index (χ4v) is 3.42. The monoisotopic (exact) mass is 348 g/mol. The number of hydrogen-bond donors (Lipinski definition) is 1. The molecule has 26 heavy (non-hydrogen) atoms. The van der Waals surface area contributed by atoms with Crippen LogP contribution in [-0.2, 0) is 11.8 Å². The minimum atomic E-state index is -0.179. The van der Waals surface area contributed by atoms with Crippen molar-refractivity contribution in [3.05, 3.63) is 53.9 Å². The van der Waals surface area contributed by atoms with Gasteiger partial charge in [-0.15, -0.1) is 0 Å². The summed E-state index contributed by atoms with van der Waals surface area (Å²) in [6.45, 7) is 2.71. The van der Waals surface area contributed by atoms with E-state index in [2.05, 4.69) is 10.3 Å². The zero-order chi connectivity index (χ0) is 18.3. The number of aromatic nitrogens is 2. The summed E-state index contributed by atoms with van der Waals surface area (Å²) in [4.78, 5) is 30.6. The molecule has 0 spiro atoms.